The number of hydrogen-bond donors (Lipinski definition) is 3. The first-order chi connectivity index (χ1) is 8.11. The maximum atomic E-state index is 10.8. The average Bonchev–Trinajstić information content (AvgIpc) is 2.28. The van der Waals surface area contributed by atoms with Crippen LogP contribution in [0.25, 0.3) is 0 Å². The van der Waals surface area contributed by atoms with E-state index >= 15 is 0 Å². The second-order valence-electron chi connectivity index (χ2n) is 3.65. The predicted octanol–water partition coefficient (Wildman–Crippen LogP) is 1.78. The van der Waals surface area contributed by atoms with Crippen LogP contribution in [0.5, 0.6) is 0 Å². The Morgan fingerprint density at radius 2 is 1.76 bits per heavy atom. The molecule has 0 spiro atoms. The molecule has 4 N–H and O–H groups in total. The van der Waals surface area contributed by atoms with E-state index in [1.54, 1.807) is 12.1 Å². The zero-order valence-corrected chi connectivity index (χ0v) is 10.2. The molecule has 17 heavy (non-hydrogen) atoms. The van der Waals surface area contributed by atoms with Gasteiger partial charge in [-0.05, 0) is 30.7 Å². The van der Waals surface area contributed by atoms with E-state index in [0.29, 0.717) is 12.5 Å². The fourth-order valence-corrected chi connectivity index (χ4v) is 1.26. The molecule has 0 radical (unpaired) electrons. The first-order valence-electron chi connectivity index (χ1n) is 5.56. The van der Waals surface area contributed by atoms with Crippen molar-refractivity contribution in [2.24, 2.45) is 10.7 Å². The Balaban J connectivity index is 2.59. The minimum atomic E-state index is -0.0882. The molecule has 0 unspecified atom stereocenters. The molecule has 0 atom stereocenters. The standard InChI is InChI=1S/C12H18N4O/c1-3-8-14-12(13)16-11-6-4-10(5-7-11)15-9(2)17/h4-7H,3,8H2,1-2H3,(H,15,17)(H3,13,14,16). The fourth-order valence-electron chi connectivity index (χ4n) is 1.26. The molecule has 1 amide bonds. The van der Waals surface area contributed by atoms with Gasteiger partial charge >= 0.3 is 0 Å². The Kier molecular flexibility index (Phi) is 5.00. The third-order valence-electron chi connectivity index (χ3n) is 1.98. The molecule has 1 aromatic carbocycles. The maximum absolute atomic E-state index is 10.8. The van der Waals surface area contributed by atoms with Crippen LogP contribution in [0.15, 0.2) is 29.3 Å². The van der Waals surface area contributed by atoms with Crippen LogP contribution >= 0.6 is 0 Å². The molecule has 0 bridgehead atoms. The summed E-state index contributed by atoms with van der Waals surface area (Å²) >= 11 is 0. The number of benzene rings is 1. The average molecular weight is 234 g/mol. The number of hydrogen-bond acceptors (Lipinski definition) is 2. The minimum Gasteiger partial charge on any atom is -0.370 e. The predicted molar refractivity (Wildman–Crippen MR) is 71.1 cm³/mol. The lowest BCUT2D eigenvalue weighted by Gasteiger charge is -2.07. The summed E-state index contributed by atoms with van der Waals surface area (Å²) in [5.41, 5.74) is 7.28. The highest BCUT2D eigenvalue weighted by atomic mass is 16.1. The molecule has 0 saturated heterocycles. The Morgan fingerprint density at radius 3 is 2.24 bits per heavy atom. The van der Waals surface area contributed by atoms with Gasteiger partial charge in [-0.2, -0.15) is 0 Å². The van der Waals surface area contributed by atoms with Crippen LogP contribution < -0.4 is 16.4 Å². The lowest BCUT2D eigenvalue weighted by Crippen LogP contribution is -2.22. The van der Waals surface area contributed by atoms with Crippen LogP contribution in [0.1, 0.15) is 20.3 Å². The smallest absolute Gasteiger partial charge is 0.221 e. The summed E-state index contributed by atoms with van der Waals surface area (Å²) in [5, 5.41) is 5.66. The van der Waals surface area contributed by atoms with E-state index in [0.717, 1.165) is 17.8 Å². The van der Waals surface area contributed by atoms with Crippen LogP contribution in [0.2, 0.25) is 0 Å². The molecule has 0 aromatic heterocycles. The number of nitrogens with one attached hydrogen (secondary N) is 2. The summed E-state index contributed by atoms with van der Waals surface area (Å²) < 4.78 is 0. The number of aliphatic imine (C=N–C) groups is 1. The van der Waals surface area contributed by atoms with Gasteiger partial charge in [0.1, 0.15) is 0 Å². The second-order valence-corrected chi connectivity index (χ2v) is 3.65. The number of anilines is 2. The Labute approximate surface area is 101 Å². The van der Waals surface area contributed by atoms with Crippen molar-refractivity contribution < 1.29 is 4.79 Å². The van der Waals surface area contributed by atoms with Gasteiger partial charge in [0.15, 0.2) is 5.96 Å². The van der Waals surface area contributed by atoms with E-state index in [2.05, 4.69) is 15.6 Å². The number of carbonyl (C=O) groups excluding carboxylic acids is 1. The molecule has 5 nitrogen and oxygen atoms in total. The molecule has 92 valence electrons. The minimum absolute atomic E-state index is 0.0882. The van der Waals surface area contributed by atoms with E-state index in [1.807, 2.05) is 19.1 Å². The largest absolute Gasteiger partial charge is 0.370 e. The van der Waals surface area contributed by atoms with E-state index in [4.69, 9.17) is 5.73 Å². The van der Waals surface area contributed by atoms with Crippen molar-refractivity contribution in [1.29, 1.82) is 0 Å². The number of nitrogens with two attached hydrogens (primary N) is 1. The first kappa shape index (κ1) is 13.0. The van der Waals surface area contributed by atoms with Crippen LogP contribution in [-0.2, 0) is 4.79 Å². The van der Waals surface area contributed by atoms with Gasteiger partial charge in [-0.15, -0.1) is 0 Å². The van der Waals surface area contributed by atoms with Crippen LogP contribution in [0.4, 0.5) is 11.4 Å². The number of guanidine groups is 1. The molecule has 0 heterocycles. The third-order valence-corrected chi connectivity index (χ3v) is 1.98. The summed E-state index contributed by atoms with van der Waals surface area (Å²) in [5.74, 6) is 0.314. The lowest BCUT2D eigenvalue weighted by molar-refractivity contribution is -0.114. The normalized spacial score (nSPS) is 11.1. The molecule has 0 aliphatic rings. The molecular formula is C12H18N4O. The Hall–Kier alpha value is -2.04. The molecular weight excluding hydrogens is 216 g/mol. The molecule has 0 saturated carbocycles. The Morgan fingerprint density at radius 1 is 1.24 bits per heavy atom. The molecule has 1 aromatic rings. The SMILES string of the molecule is CCCN=C(N)Nc1ccc(NC(C)=O)cc1. The van der Waals surface area contributed by atoms with Crippen LogP contribution in [0, 0.1) is 0 Å². The highest BCUT2D eigenvalue weighted by molar-refractivity contribution is 5.93. The molecule has 0 fully saturated rings. The van der Waals surface area contributed by atoms with Gasteiger partial charge < -0.3 is 16.4 Å². The fraction of sp³-hybridized carbons (Fsp3) is 0.333. The summed E-state index contributed by atoms with van der Waals surface area (Å²) in [6.07, 6.45) is 0.962. The number of amides is 1. The summed E-state index contributed by atoms with van der Waals surface area (Å²) in [7, 11) is 0. The second kappa shape index (κ2) is 6.52. The zero-order chi connectivity index (χ0) is 12.7. The van der Waals surface area contributed by atoms with Crippen molar-refractivity contribution in [3.05, 3.63) is 24.3 Å². The van der Waals surface area contributed by atoms with Gasteiger partial charge in [0, 0.05) is 24.8 Å². The van der Waals surface area contributed by atoms with Crippen molar-refractivity contribution >= 4 is 23.2 Å². The van der Waals surface area contributed by atoms with Gasteiger partial charge in [-0.3, -0.25) is 9.79 Å². The van der Waals surface area contributed by atoms with Crippen molar-refractivity contribution in [1.82, 2.24) is 0 Å². The van der Waals surface area contributed by atoms with Crippen molar-refractivity contribution in [3.8, 4) is 0 Å². The number of nitrogens with zero attached hydrogens (tertiary/aromatic N) is 1. The van der Waals surface area contributed by atoms with Crippen LogP contribution in [0.3, 0.4) is 0 Å². The van der Waals surface area contributed by atoms with Crippen molar-refractivity contribution in [3.63, 3.8) is 0 Å². The topological polar surface area (TPSA) is 79.5 Å². The lowest BCUT2D eigenvalue weighted by atomic mass is 10.3. The van der Waals surface area contributed by atoms with E-state index in [9.17, 15) is 4.79 Å². The quantitative estimate of drug-likeness (QED) is 0.549. The molecule has 5 heteroatoms. The van der Waals surface area contributed by atoms with Gasteiger partial charge in [0.2, 0.25) is 5.91 Å². The van der Waals surface area contributed by atoms with Gasteiger partial charge in [-0.25, -0.2) is 0 Å². The Bertz CT molecular complexity index is 397. The van der Waals surface area contributed by atoms with E-state index < -0.39 is 0 Å². The van der Waals surface area contributed by atoms with Gasteiger partial charge in [0.05, 0.1) is 0 Å². The number of rotatable bonds is 4. The third kappa shape index (κ3) is 5.01. The van der Waals surface area contributed by atoms with Crippen molar-refractivity contribution in [2.75, 3.05) is 17.2 Å². The molecule has 1 rings (SSSR count). The highest BCUT2D eigenvalue weighted by Crippen LogP contribution is 2.13. The van der Waals surface area contributed by atoms with E-state index in [1.165, 1.54) is 6.92 Å². The van der Waals surface area contributed by atoms with Gasteiger partial charge in [-0.1, -0.05) is 6.92 Å². The molecule has 0 aliphatic heterocycles. The molecule has 0 aliphatic carbocycles. The van der Waals surface area contributed by atoms with Gasteiger partial charge in [0.25, 0.3) is 0 Å². The first-order valence-corrected chi connectivity index (χ1v) is 5.56. The monoisotopic (exact) mass is 234 g/mol. The maximum Gasteiger partial charge on any atom is 0.221 e. The zero-order valence-electron chi connectivity index (χ0n) is 10.2. The summed E-state index contributed by atoms with van der Waals surface area (Å²) in [6, 6.07) is 7.27. The highest BCUT2D eigenvalue weighted by Gasteiger charge is 1.97. The summed E-state index contributed by atoms with van der Waals surface area (Å²) in [6.45, 7) is 4.23. The van der Waals surface area contributed by atoms with Crippen molar-refractivity contribution in [2.45, 2.75) is 20.3 Å². The number of carbonyl (C=O) groups is 1. The van der Waals surface area contributed by atoms with Crippen LogP contribution in [-0.4, -0.2) is 18.4 Å². The summed E-state index contributed by atoms with van der Waals surface area (Å²) in [4.78, 5) is 15.0. The van der Waals surface area contributed by atoms with E-state index in [-0.39, 0.29) is 5.91 Å².